The van der Waals surface area contributed by atoms with Crippen LogP contribution < -0.4 is 5.32 Å². The molecule has 0 aromatic heterocycles. The average molecular weight is 282 g/mol. The van der Waals surface area contributed by atoms with Crippen molar-refractivity contribution in [3.8, 4) is 0 Å². The Morgan fingerprint density at radius 1 is 1.15 bits per heavy atom. The van der Waals surface area contributed by atoms with Gasteiger partial charge >= 0.3 is 0 Å². The second kappa shape index (κ2) is 5.60. The lowest BCUT2D eigenvalue weighted by atomic mass is 10.2. The first kappa shape index (κ1) is 13.9. The van der Waals surface area contributed by atoms with E-state index in [1.807, 2.05) is 0 Å². The number of hydrogen-bond donors (Lipinski definition) is 1. The van der Waals surface area contributed by atoms with Gasteiger partial charge in [-0.3, -0.25) is 10.1 Å². The van der Waals surface area contributed by atoms with Gasteiger partial charge in [-0.25, -0.2) is 13.2 Å². The highest BCUT2D eigenvalue weighted by atomic mass is 19.2. The molecule has 0 bridgehead atoms. The Morgan fingerprint density at radius 3 is 2.60 bits per heavy atom. The lowest BCUT2D eigenvalue weighted by Crippen LogP contribution is -2.04. The fraction of sp³-hybridized carbons (Fsp3) is 0.0769. The van der Waals surface area contributed by atoms with Crippen molar-refractivity contribution in [3.63, 3.8) is 0 Å². The molecule has 2 aromatic carbocycles. The molecule has 0 radical (unpaired) electrons. The van der Waals surface area contributed by atoms with E-state index in [1.165, 1.54) is 12.1 Å². The minimum Gasteiger partial charge on any atom is -0.381 e. The molecule has 0 atom stereocenters. The molecule has 0 saturated heterocycles. The Labute approximate surface area is 112 Å². The van der Waals surface area contributed by atoms with Crippen molar-refractivity contribution >= 4 is 11.4 Å². The molecule has 0 unspecified atom stereocenters. The van der Waals surface area contributed by atoms with Crippen molar-refractivity contribution in [3.05, 3.63) is 69.5 Å². The molecule has 0 heterocycles. The Balaban J connectivity index is 2.19. The van der Waals surface area contributed by atoms with Gasteiger partial charge in [-0.15, -0.1) is 0 Å². The quantitative estimate of drug-likeness (QED) is 0.688. The highest BCUT2D eigenvalue weighted by Gasteiger charge is 2.11. The summed E-state index contributed by atoms with van der Waals surface area (Å²) < 4.78 is 39.6. The zero-order chi connectivity index (χ0) is 14.7. The van der Waals surface area contributed by atoms with Gasteiger partial charge in [-0.05, 0) is 12.1 Å². The van der Waals surface area contributed by atoms with Crippen LogP contribution in [0.2, 0.25) is 0 Å². The fourth-order valence-electron chi connectivity index (χ4n) is 1.66. The summed E-state index contributed by atoms with van der Waals surface area (Å²) in [6.45, 7) is -0.121. The van der Waals surface area contributed by atoms with Crippen LogP contribution in [-0.4, -0.2) is 4.92 Å². The van der Waals surface area contributed by atoms with E-state index >= 15 is 0 Å². The molecule has 0 aliphatic carbocycles. The molecule has 0 aliphatic rings. The number of nitro groups is 1. The number of nitro benzene ring substituents is 1. The van der Waals surface area contributed by atoms with E-state index in [0.717, 1.165) is 24.3 Å². The number of anilines is 1. The third kappa shape index (κ3) is 3.05. The molecule has 7 heteroatoms. The molecule has 0 fully saturated rings. The molecule has 20 heavy (non-hydrogen) atoms. The third-order valence-corrected chi connectivity index (χ3v) is 2.61. The number of halogens is 3. The van der Waals surface area contributed by atoms with Gasteiger partial charge in [0.15, 0.2) is 11.6 Å². The Morgan fingerprint density at radius 2 is 1.90 bits per heavy atom. The summed E-state index contributed by atoms with van der Waals surface area (Å²) in [6, 6.07) is 6.59. The molecular weight excluding hydrogens is 273 g/mol. The van der Waals surface area contributed by atoms with Crippen LogP contribution in [0.25, 0.3) is 0 Å². The monoisotopic (exact) mass is 282 g/mol. The van der Waals surface area contributed by atoms with Gasteiger partial charge in [0, 0.05) is 23.9 Å². The Hall–Kier alpha value is -2.57. The fourth-order valence-corrected chi connectivity index (χ4v) is 1.66. The normalized spacial score (nSPS) is 10.3. The molecule has 1 N–H and O–H groups in total. The second-order valence-corrected chi connectivity index (χ2v) is 4.02. The summed E-state index contributed by atoms with van der Waals surface area (Å²) in [5.74, 6) is -2.79. The van der Waals surface area contributed by atoms with Crippen LogP contribution in [-0.2, 0) is 6.54 Å². The highest BCUT2D eigenvalue weighted by Crippen LogP contribution is 2.21. The van der Waals surface area contributed by atoms with Crippen LogP contribution in [0.4, 0.5) is 24.5 Å². The van der Waals surface area contributed by atoms with E-state index in [4.69, 9.17) is 0 Å². The van der Waals surface area contributed by atoms with E-state index < -0.39 is 28.1 Å². The summed E-state index contributed by atoms with van der Waals surface area (Å²) >= 11 is 0. The number of benzene rings is 2. The maximum Gasteiger partial charge on any atom is 0.274 e. The molecule has 0 amide bonds. The first-order chi connectivity index (χ1) is 9.47. The zero-order valence-electron chi connectivity index (χ0n) is 10.1. The van der Waals surface area contributed by atoms with Crippen LogP contribution in [0.3, 0.4) is 0 Å². The first-order valence-corrected chi connectivity index (χ1v) is 5.59. The largest absolute Gasteiger partial charge is 0.381 e. The Bertz CT molecular complexity index is 662. The third-order valence-electron chi connectivity index (χ3n) is 2.61. The summed E-state index contributed by atoms with van der Waals surface area (Å²) in [4.78, 5) is 9.84. The van der Waals surface area contributed by atoms with E-state index in [2.05, 4.69) is 5.32 Å². The first-order valence-electron chi connectivity index (χ1n) is 5.59. The summed E-state index contributed by atoms with van der Waals surface area (Å²) in [6.07, 6.45) is 0. The van der Waals surface area contributed by atoms with Gasteiger partial charge in [0.05, 0.1) is 11.0 Å². The van der Waals surface area contributed by atoms with Gasteiger partial charge in [0.1, 0.15) is 5.82 Å². The summed E-state index contributed by atoms with van der Waals surface area (Å²) in [5.41, 5.74) is -0.274. The summed E-state index contributed by atoms with van der Waals surface area (Å²) in [7, 11) is 0. The lowest BCUT2D eigenvalue weighted by Gasteiger charge is -2.08. The molecule has 104 valence electrons. The predicted octanol–water partition coefficient (Wildman–Crippen LogP) is 3.62. The van der Waals surface area contributed by atoms with Gasteiger partial charge in [-0.1, -0.05) is 12.1 Å². The van der Waals surface area contributed by atoms with Gasteiger partial charge in [-0.2, -0.15) is 0 Å². The number of hydrogen-bond acceptors (Lipinski definition) is 3. The standard InChI is InChI=1S/C13H9F3N2O2/c14-9-4-10(6-11(5-9)18(19)20)17-7-8-2-1-3-12(15)13(8)16/h1-6,17H,7H2. The minimum atomic E-state index is -1.01. The van der Waals surface area contributed by atoms with Crippen molar-refractivity contribution in [2.45, 2.75) is 6.54 Å². The second-order valence-electron chi connectivity index (χ2n) is 4.02. The number of nitrogens with one attached hydrogen (secondary N) is 1. The van der Waals surface area contributed by atoms with Gasteiger partial charge in [0.25, 0.3) is 5.69 Å². The van der Waals surface area contributed by atoms with Crippen LogP contribution >= 0.6 is 0 Å². The van der Waals surface area contributed by atoms with Crippen LogP contribution in [0.5, 0.6) is 0 Å². The minimum absolute atomic E-state index is 0.0388. The van der Waals surface area contributed by atoms with Crippen molar-refractivity contribution in [1.82, 2.24) is 0 Å². The Kier molecular flexibility index (Phi) is 3.88. The SMILES string of the molecule is O=[N+]([O-])c1cc(F)cc(NCc2cccc(F)c2F)c1. The number of non-ortho nitro benzene ring substituents is 1. The van der Waals surface area contributed by atoms with Crippen molar-refractivity contribution in [2.24, 2.45) is 0 Å². The zero-order valence-corrected chi connectivity index (χ0v) is 10.1. The maximum absolute atomic E-state index is 13.4. The predicted molar refractivity (Wildman–Crippen MR) is 66.7 cm³/mol. The molecule has 2 aromatic rings. The average Bonchev–Trinajstić information content (AvgIpc) is 2.40. The van der Waals surface area contributed by atoms with Crippen LogP contribution in [0.15, 0.2) is 36.4 Å². The number of nitrogens with zero attached hydrogens (tertiary/aromatic N) is 1. The molecule has 0 spiro atoms. The van der Waals surface area contributed by atoms with Gasteiger partial charge < -0.3 is 5.32 Å². The smallest absolute Gasteiger partial charge is 0.274 e. The van der Waals surface area contributed by atoms with Crippen molar-refractivity contribution in [2.75, 3.05) is 5.32 Å². The highest BCUT2D eigenvalue weighted by molar-refractivity contribution is 5.51. The molecule has 2 rings (SSSR count). The van der Waals surface area contributed by atoms with Crippen LogP contribution in [0, 0.1) is 27.6 Å². The molecule has 0 aliphatic heterocycles. The summed E-state index contributed by atoms with van der Waals surface area (Å²) in [5, 5.41) is 13.2. The van der Waals surface area contributed by atoms with Gasteiger partial charge in [0.2, 0.25) is 0 Å². The molecule has 0 saturated carbocycles. The van der Waals surface area contributed by atoms with Crippen molar-refractivity contribution in [1.29, 1.82) is 0 Å². The topological polar surface area (TPSA) is 55.2 Å². The van der Waals surface area contributed by atoms with E-state index in [1.54, 1.807) is 0 Å². The van der Waals surface area contributed by atoms with E-state index in [9.17, 15) is 23.3 Å². The molecular formula is C13H9F3N2O2. The number of rotatable bonds is 4. The van der Waals surface area contributed by atoms with E-state index in [-0.39, 0.29) is 17.8 Å². The van der Waals surface area contributed by atoms with Crippen molar-refractivity contribution < 1.29 is 18.1 Å². The lowest BCUT2D eigenvalue weighted by molar-refractivity contribution is -0.385. The maximum atomic E-state index is 13.4. The molecule has 4 nitrogen and oxygen atoms in total. The van der Waals surface area contributed by atoms with E-state index in [0.29, 0.717) is 0 Å². The van der Waals surface area contributed by atoms with Crippen LogP contribution in [0.1, 0.15) is 5.56 Å².